The third-order valence-electron chi connectivity index (χ3n) is 1.96. The van der Waals surface area contributed by atoms with Crippen LogP contribution in [0.4, 0.5) is 10.1 Å². The first-order chi connectivity index (χ1) is 5.75. The van der Waals surface area contributed by atoms with Gasteiger partial charge in [0.1, 0.15) is 5.82 Å². The van der Waals surface area contributed by atoms with Gasteiger partial charge >= 0.3 is 0 Å². The van der Waals surface area contributed by atoms with Crippen molar-refractivity contribution >= 4 is 11.5 Å². The average molecular weight is 164 g/mol. The normalized spacial score (nSPS) is 15.2. The van der Waals surface area contributed by atoms with Crippen molar-refractivity contribution in [2.75, 3.05) is 0 Å². The highest BCUT2D eigenvalue weighted by molar-refractivity contribution is 5.85. The fraction of sp³-hybridized carbons (Fsp3) is 0.222. The van der Waals surface area contributed by atoms with Crippen LogP contribution < -0.4 is 5.73 Å². The van der Waals surface area contributed by atoms with Gasteiger partial charge in [-0.15, -0.1) is 0 Å². The number of aliphatic imine (C=N–C) groups is 1. The lowest BCUT2D eigenvalue weighted by Crippen LogP contribution is -2.15. The summed E-state index contributed by atoms with van der Waals surface area (Å²) in [7, 11) is 0. The van der Waals surface area contributed by atoms with Gasteiger partial charge in [-0.25, -0.2) is 9.38 Å². The molecule has 2 N–H and O–H groups in total. The summed E-state index contributed by atoms with van der Waals surface area (Å²) in [6.45, 7) is 0. The summed E-state index contributed by atoms with van der Waals surface area (Å²) in [5, 5.41) is 0. The maximum atomic E-state index is 12.7. The molecule has 0 unspecified atom stereocenters. The molecule has 1 aromatic carbocycles. The van der Waals surface area contributed by atoms with Crippen LogP contribution in [0.1, 0.15) is 12.0 Å². The number of rotatable bonds is 0. The van der Waals surface area contributed by atoms with E-state index in [9.17, 15) is 4.39 Å². The van der Waals surface area contributed by atoms with Crippen molar-refractivity contribution in [3.63, 3.8) is 0 Å². The van der Waals surface area contributed by atoms with Gasteiger partial charge < -0.3 is 5.73 Å². The molecule has 1 aliphatic heterocycles. The highest BCUT2D eigenvalue weighted by Crippen LogP contribution is 2.25. The molecule has 0 atom stereocenters. The van der Waals surface area contributed by atoms with Gasteiger partial charge in [-0.2, -0.15) is 0 Å². The summed E-state index contributed by atoms with van der Waals surface area (Å²) in [6, 6.07) is 4.64. The quantitative estimate of drug-likeness (QED) is 0.623. The highest BCUT2D eigenvalue weighted by atomic mass is 19.1. The number of nitrogens with zero attached hydrogens (tertiary/aromatic N) is 1. The third-order valence-corrected chi connectivity index (χ3v) is 1.96. The predicted octanol–water partition coefficient (Wildman–Crippen LogP) is 1.76. The van der Waals surface area contributed by atoms with Crippen LogP contribution in [-0.2, 0) is 6.42 Å². The maximum Gasteiger partial charge on any atom is 0.125 e. The van der Waals surface area contributed by atoms with Crippen LogP contribution in [0.3, 0.4) is 0 Å². The van der Waals surface area contributed by atoms with E-state index in [-0.39, 0.29) is 5.82 Å². The second-order valence-corrected chi connectivity index (χ2v) is 2.88. The number of amidine groups is 1. The van der Waals surface area contributed by atoms with Crippen molar-refractivity contribution in [2.45, 2.75) is 12.8 Å². The van der Waals surface area contributed by atoms with Crippen molar-refractivity contribution in [1.82, 2.24) is 0 Å². The Morgan fingerprint density at radius 3 is 3.00 bits per heavy atom. The molecular formula is C9H9FN2. The van der Waals surface area contributed by atoms with E-state index >= 15 is 0 Å². The molecule has 0 saturated carbocycles. The lowest BCUT2D eigenvalue weighted by molar-refractivity contribution is 0.627. The Morgan fingerprint density at radius 2 is 2.17 bits per heavy atom. The van der Waals surface area contributed by atoms with Crippen LogP contribution in [0.25, 0.3) is 0 Å². The van der Waals surface area contributed by atoms with Crippen LogP contribution in [0.5, 0.6) is 0 Å². The van der Waals surface area contributed by atoms with E-state index in [1.807, 2.05) is 0 Å². The Morgan fingerprint density at radius 1 is 1.33 bits per heavy atom. The molecule has 0 fully saturated rings. The standard InChI is InChI=1S/C9H9FN2/c10-7-3-1-6-2-4-9(11)12-8(6)5-7/h1,3,5H,2,4H2,(H2,11,12). The highest BCUT2D eigenvalue weighted by Gasteiger charge is 2.09. The summed E-state index contributed by atoms with van der Waals surface area (Å²) < 4.78 is 12.7. The van der Waals surface area contributed by atoms with Crippen LogP contribution in [0.15, 0.2) is 23.2 Å². The van der Waals surface area contributed by atoms with Crippen molar-refractivity contribution in [1.29, 1.82) is 0 Å². The van der Waals surface area contributed by atoms with Gasteiger partial charge in [0.25, 0.3) is 0 Å². The number of nitrogens with two attached hydrogens (primary N) is 1. The van der Waals surface area contributed by atoms with Crippen molar-refractivity contribution in [3.05, 3.63) is 29.6 Å². The Bertz CT molecular complexity index is 344. The Hall–Kier alpha value is -1.38. The monoisotopic (exact) mass is 164 g/mol. The van der Waals surface area contributed by atoms with E-state index in [1.54, 1.807) is 6.07 Å². The fourth-order valence-electron chi connectivity index (χ4n) is 1.33. The molecule has 2 rings (SSSR count). The van der Waals surface area contributed by atoms with Gasteiger partial charge in [-0.05, 0) is 24.1 Å². The molecule has 0 bridgehead atoms. The van der Waals surface area contributed by atoms with E-state index in [1.165, 1.54) is 12.1 Å². The summed E-state index contributed by atoms with van der Waals surface area (Å²) >= 11 is 0. The lowest BCUT2D eigenvalue weighted by atomic mass is 10.0. The van der Waals surface area contributed by atoms with Crippen LogP contribution >= 0.6 is 0 Å². The van der Waals surface area contributed by atoms with Crippen LogP contribution in [-0.4, -0.2) is 5.84 Å². The molecule has 2 nitrogen and oxygen atoms in total. The van der Waals surface area contributed by atoms with Crippen molar-refractivity contribution in [2.24, 2.45) is 10.7 Å². The van der Waals surface area contributed by atoms with Gasteiger partial charge in [-0.1, -0.05) is 6.07 Å². The zero-order chi connectivity index (χ0) is 8.55. The molecule has 0 saturated heterocycles. The van der Waals surface area contributed by atoms with E-state index < -0.39 is 0 Å². The second-order valence-electron chi connectivity index (χ2n) is 2.88. The molecule has 1 heterocycles. The zero-order valence-corrected chi connectivity index (χ0v) is 6.55. The molecule has 1 aromatic rings. The van der Waals surface area contributed by atoms with Crippen molar-refractivity contribution < 1.29 is 4.39 Å². The van der Waals surface area contributed by atoms with Gasteiger partial charge in [0.15, 0.2) is 0 Å². The van der Waals surface area contributed by atoms with E-state index in [2.05, 4.69) is 4.99 Å². The average Bonchev–Trinajstić information content (AvgIpc) is 2.03. The number of hydrogen-bond acceptors (Lipinski definition) is 2. The fourth-order valence-corrected chi connectivity index (χ4v) is 1.33. The van der Waals surface area contributed by atoms with Gasteiger partial charge in [0, 0.05) is 6.42 Å². The number of aryl methyl sites for hydroxylation is 1. The molecule has 0 aromatic heterocycles. The topological polar surface area (TPSA) is 38.4 Å². The number of benzene rings is 1. The van der Waals surface area contributed by atoms with Crippen LogP contribution in [0, 0.1) is 5.82 Å². The molecule has 1 aliphatic rings. The van der Waals surface area contributed by atoms with E-state index in [0.717, 1.165) is 18.4 Å². The number of fused-ring (bicyclic) bond motifs is 1. The molecule has 62 valence electrons. The first kappa shape index (κ1) is 7.28. The Balaban J connectivity index is 2.53. The molecule has 0 spiro atoms. The number of halogens is 1. The maximum absolute atomic E-state index is 12.7. The first-order valence-electron chi connectivity index (χ1n) is 3.87. The minimum Gasteiger partial charge on any atom is -0.387 e. The number of hydrogen-bond donors (Lipinski definition) is 1. The molecular weight excluding hydrogens is 155 g/mol. The van der Waals surface area contributed by atoms with Gasteiger partial charge in [0.2, 0.25) is 0 Å². The molecule has 3 heteroatoms. The minimum absolute atomic E-state index is 0.257. The lowest BCUT2D eigenvalue weighted by Gasteiger charge is -2.11. The molecule has 0 radical (unpaired) electrons. The predicted molar refractivity (Wildman–Crippen MR) is 46.0 cm³/mol. The van der Waals surface area contributed by atoms with Crippen LogP contribution in [0.2, 0.25) is 0 Å². The first-order valence-corrected chi connectivity index (χ1v) is 3.87. The Labute approximate surface area is 69.9 Å². The molecule has 0 aliphatic carbocycles. The van der Waals surface area contributed by atoms with E-state index in [0.29, 0.717) is 11.5 Å². The molecule has 12 heavy (non-hydrogen) atoms. The van der Waals surface area contributed by atoms with Crippen molar-refractivity contribution in [3.8, 4) is 0 Å². The summed E-state index contributed by atoms with van der Waals surface area (Å²) in [5.41, 5.74) is 7.28. The largest absolute Gasteiger partial charge is 0.387 e. The van der Waals surface area contributed by atoms with Gasteiger partial charge in [-0.3, -0.25) is 0 Å². The summed E-state index contributed by atoms with van der Waals surface area (Å²) in [4.78, 5) is 4.06. The SMILES string of the molecule is NC1=Nc2cc(F)ccc2CC1. The van der Waals surface area contributed by atoms with E-state index in [4.69, 9.17) is 5.73 Å². The van der Waals surface area contributed by atoms with Gasteiger partial charge in [0.05, 0.1) is 11.5 Å². The summed E-state index contributed by atoms with van der Waals surface area (Å²) in [5.74, 6) is 0.334. The Kier molecular flexibility index (Phi) is 1.57. The third kappa shape index (κ3) is 1.18. The summed E-state index contributed by atoms with van der Waals surface area (Å²) in [6.07, 6.45) is 1.64. The smallest absolute Gasteiger partial charge is 0.125 e. The second kappa shape index (κ2) is 2.59. The zero-order valence-electron chi connectivity index (χ0n) is 6.55. The minimum atomic E-state index is -0.257. The molecule has 0 amide bonds.